The number of benzene rings is 3. The number of ether oxygens (including phenoxy) is 1. The molecule has 3 aromatic rings. The molecule has 2 amide bonds. The van der Waals surface area contributed by atoms with Crippen molar-refractivity contribution < 1.29 is 24.2 Å². The summed E-state index contributed by atoms with van der Waals surface area (Å²) in [6, 6.07) is 17.3. The Morgan fingerprint density at radius 3 is 2.47 bits per heavy atom. The van der Waals surface area contributed by atoms with E-state index in [-0.39, 0.29) is 29.9 Å². The van der Waals surface area contributed by atoms with Gasteiger partial charge in [-0.2, -0.15) is 0 Å². The fourth-order valence-electron chi connectivity index (χ4n) is 6.88. The molecule has 0 unspecified atom stereocenters. The molecular formula is C28H30N2O5Si. The molecule has 0 aromatic heterocycles. The standard InChI is InChI=1S/C28H30N2O5Si/c1-16-25(36(3,4)34)23(13-14-31)35-28(16)20-15-18(11-12-21(20)29(2)27(28)33)30-22-10-6-8-17-7-5-9-19(24(17)22)26(30)32/h5-12,15-16,23,25,31,34H,13-14H2,1-4H3/t16-,23+,25-,28+/m0/s1. The van der Waals surface area contributed by atoms with E-state index in [0.29, 0.717) is 23.2 Å². The lowest BCUT2D eigenvalue weighted by atomic mass is 9.82. The van der Waals surface area contributed by atoms with Crippen LogP contribution in [0.3, 0.4) is 0 Å². The molecule has 1 spiro atoms. The maximum Gasteiger partial charge on any atom is 0.264 e. The van der Waals surface area contributed by atoms with Crippen LogP contribution in [-0.4, -0.2) is 49.8 Å². The molecule has 0 aliphatic carbocycles. The van der Waals surface area contributed by atoms with Crippen molar-refractivity contribution >= 4 is 48.0 Å². The summed E-state index contributed by atoms with van der Waals surface area (Å²) in [4.78, 5) is 41.9. The van der Waals surface area contributed by atoms with E-state index in [1.54, 1.807) is 16.8 Å². The Hall–Kier alpha value is -3.04. The van der Waals surface area contributed by atoms with E-state index in [1.807, 2.05) is 74.6 Å². The van der Waals surface area contributed by atoms with E-state index in [0.717, 1.165) is 22.1 Å². The topological polar surface area (TPSA) is 90.3 Å². The van der Waals surface area contributed by atoms with Crippen molar-refractivity contribution in [3.05, 3.63) is 65.7 Å². The predicted octanol–water partition coefficient (Wildman–Crippen LogP) is 4.29. The molecule has 3 heterocycles. The van der Waals surface area contributed by atoms with Gasteiger partial charge in [0, 0.05) is 41.8 Å². The number of rotatable bonds is 4. The van der Waals surface area contributed by atoms with Crippen LogP contribution in [0.15, 0.2) is 54.6 Å². The summed E-state index contributed by atoms with van der Waals surface area (Å²) in [5.74, 6) is -0.583. The summed E-state index contributed by atoms with van der Waals surface area (Å²) in [6.45, 7) is 5.61. The molecule has 2 N–H and O–H groups in total. The van der Waals surface area contributed by atoms with Gasteiger partial charge in [0.05, 0.1) is 23.0 Å². The molecule has 3 aliphatic rings. The van der Waals surface area contributed by atoms with Gasteiger partial charge in [0.2, 0.25) is 0 Å². The van der Waals surface area contributed by atoms with E-state index >= 15 is 0 Å². The minimum absolute atomic E-state index is 0.0874. The van der Waals surface area contributed by atoms with Crippen LogP contribution in [0.5, 0.6) is 0 Å². The van der Waals surface area contributed by atoms with Gasteiger partial charge in [0.1, 0.15) is 0 Å². The first kappa shape index (κ1) is 23.4. The molecule has 0 saturated carbocycles. The van der Waals surface area contributed by atoms with Gasteiger partial charge in [-0.05, 0) is 55.2 Å². The van der Waals surface area contributed by atoms with Crippen LogP contribution < -0.4 is 9.80 Å². The molecule has 36 heavy (non-hydrogen) atoms. The third kappa shape index (κ3) is 2.90. The molecule has 8 heteroatoms. The lowest BCUT2D eigenvalue weighted by Crippen LogP contribution is -2.45. The average molecular weight is 503 g/mol. The quantitative estimate of drug-likeness (QED) is 0.520. The van der Waals surface area contributed by atoms with Crippen LogP contribution in [0.4, 0.5) is 17.1 Å². The highest BCUT2D eigenvalue weighted by Crippen LogP contribution is 2.60. The van der Waals surface area contributed by atoms with Crippen molar-refractivity contribution in [2.24, 2.45) is 5.92 Å². The molecule has 4 atom stereocenters. The minimum atomic E-state index is -2.75. The van der Waals surface area contributed by atoms with Gasteiger partial charge in [0.25, 0.3) is 11.8 Å². The Morgan fingerprint density at radius 2 is 1.78 bits per heavy atom. The number of hydrogen-bond acceptors (Lipinski definition) is 5. The zero-order chi connectivity index (χ0) is 25.6. The zero-order valence-electron chi connectivity index (χ0n) is 20.9. The fraction of sp³-hybridized carbons (Fsp3) is 0.357. The Balaban J connectivity index is 1.52. The second kappa shape index (κ2) is 7.73. The van der Waals surface area contributed by atoms with Crippen LogP contribution in [0.1, 0.15) is 29.3 Å². The number of likely N-dealkylation sites (N-methyl/N-ethyl adjacent to an activating group) is 1. The zero-order valence-corrected chi connectivity index (χ0v) is 21.9. The van der Waals surface area contributed by atoms with Gasteiger partial charge in [0.15, 0.2) is 13.9 Å². The number of fused-ring (bicyclic) bond motifs is 2. The Labute approximate surface area is 211 Å². The molecule has 0 radical (unpaired) electrons. The van der Waals surface area contributed by atoms with Crippen molar-refractivity contribution in [1.29, 1.82) is 0 Å². The van der Waals surface area contributed by atoms with Crippen molar-refractivity contribution in [2.75, 3.05) is 23.5 Å². The fourth-order valence-corrected chi connectivity index (χ4v) is 9.48. The summed E-state index contributed by atoms with van der Waals surface area (Å²) in [5.41, 5.74) is 2.08. The molecule has 1 fully saturated rings. The first-order chi connectivity index (χ1) is 17.1. The summed E-state index contributed by atoms with van der Waals surface area (Å²) >= 11 is 0. The number of nitrogens with zero attached hydrogens (tertiary/aromatic N) is 2. The molecular weight excluding hydrogens is 472 g/mol. The third-order valence-electron chi connectivity index (χ3n) is 8.33. The molecule has 3 aliphatic heterocycles. The number of anilines is 3. The van der Waals surface area contributed by atoms with E-state index in [2.05, 4.69) is 0 Å². The summed E-state index contributed by atoms with van der Waals surface area (Å²) in [7, 11) is -1.02. The van der Waals surface area contributed by atoms with Gasteiger partial charge in [-0.15, -0.1) is 0 Å². The molecule has 0 bridgehead atoms. The summed E-state index contributed by atoms with van der Waals surface area (Å²) in [6.07, 6.45) is -0.0863. The number of aliphatic hydroxyl groups is 1. The molecule has 186 valence electrons. The van der Waals surface area contributed by atoms with Gasteiger partial charge in [-0.25, -0.2) is 0 Å². The number of amides is 2. The Kier molecular flexibility index (Phi) is 5.01. The largest absolute Gasteiger partial charge is 0.432 e. The highest BCUT2D eigenvalue weighted by atomic mass is 28.4. The molecule has 7 nitrogen and oxygen atoms in total. The highest BCUT2D eigenvalue weighted by Gasteiger charge is 2.65. The minimum Gasteiger partial charge on any atom is -0.432 e. The van der Waals surface area contributed by atoms with Crippen LogP contribution in [0.25, 0.3) is 10.8 Å². The molecule has 6 rings (SSSR count). The third-order valence-corrected chi connectivity index (χ3v) is 10.8. The van der Waals surface area contributed by atoms with Crippen LogP contribution in [-0.2, 0) is 15.1 Å². The molecule has 3 aromatic carbocycles. The summed E-state index contributed by atoms with van der Waals surface area (Å²) < 4.78 is 6.59. The predicted molar refractivity (Wildman–Crippen MR) is 141 cm³/mol. The second-order valence-electron chi connectivity index (χ2n) is 10.8. The van der Waals surface area contributed by atoms with Gasteiger partial charge in [-0.1, -0.05) is 31.2 Å². The van der Waals surface area contributed by atoms with Crippen LogP contribution >= 0.6 is 0 Å². The lowest BCUT2D eigenvalue weighted by molar-refractivity contribution is -0.146. The van der Waals surface area contributed by atoms with Gasteiger partial charge >= 0.3 is 0 Å². The normalized spacial score (nSPS) is 27.1. The Morgan fingerprint density at radius 1 is 1.06 bits per heavy atom. The second-order valence-corrected chi connectivity index (χ2v) is 14.7. The SMILES string of the molecule is C[C@H]1[C@H]([Si](C)(C)O)[C@@H](CCO)O[C@]12C(=O)N(C)c1ccc(N3C(=O)c4cccc5cccc3c45)cc12. The maximum atomic E-state index is 13.8. The number of carbonyl (C=O) groups is 2. The first-order valence-electron chi connectivity index (χ1n) is 12.4. The monoisotopic (exact) mass is 502 g/mol. The molecule has 1 saturated heterocycles. The summed E-state index contributed by atoms with van der Waals surface area (Å²) in [5, 5.41) is 11.7. The van der Waals surface area contributed by atoms with E-state index in [1.165, 1.54) is 0 Å². The van der Waals surface area contributed by atoms with Crippen molar-refractivity contribution in [3.63, 3.8) is 0 Å². The maximum absolute atomic E-state index is 13.8. The van der Waals surface area contributed by atoms with Gasteiger partial charge in [-0.3, -0.25) is 14.5 Å². The average Bonchev–Trinajstić information content (AvgIpc) is 3.38. The number of hydrogen-bond donors (Lipinski definition) is 2. The van der Waals surface area contributed by atoms with Crippen LogP contribution in [0, 0.1) is 5.92 Å². The van der Waals surface area contributed by atoms with E-state index in [4.69, 9.17) is 4.74 Å². The Bertz CT molecular complexity index is 1430. The van der Waals surface area contributed by atoms with Crippen molar-refractivity contribution in [1.82, 2.24) is 0 Å². The van der Waals surface area contributed by atoms with E-state index < -0.39 is 20.0 Å². The van der Waals surface area contributed by atoms with Crippen molar-refractivity contribution in [2.45, 2.75) is 43.7 Å². The van der Waals surface area contributed by atoms with Crippen LogP contribution in [0.2, 0.25) is 18.6 Å². The number of carbonyl (C=O) groups excluding carboxylic acids is 2. The first-order valence-corrected chi connectivity index (χ1v) is 15.4. The highest BCUT2D eigenvalue weighted by molar-refractivity contribution is 6.71. The smallest absolute Gasteiger partial charge is 0.264 e. The van der Waals surface area contributed by atoms with E-state index in [9.17, 15) is 19.5 Å². The number of aliphatic hydroxyl groups excluding tert-OH is 1. The lowest BCUT2D eigenvalue weighted by Gasteiger charge is -2.32. The van der Waals surface area contributed by atoms with Crippen molar-refractivity contribution in [3.8, 4) is 0 Å². The van der Waals surface area contributed by atoms with Gasteiger partial charge < -0.3 is 19.5 Å².